The van der Waals surface area contributed by atoms with Crippen molar-refractivity contribution >= 4 is 17.9 Å². The minimum Gasteiger partial charge on any atom is -0.472 e. The Morgan fingerprint density at radius 3 is 2.50 bits per heavy atom. The average molecular weight is 531 g/mol. The minimum atomic E-state index is -1.37. The van der Waals surface area contributed by atoms with Crippen molar-refractivity contribution in [2.75, 3.05) is 7.11 Å². The van der Waals surface area contributed by atoms with Crippen LogP contribution in [0.5, 0.6) is 0 Å². The Bertz CT molecular complexity index is 1170. The van der Waals surface area contributed by atoms with Gasteiger partial charge >= 0.3 is 17.9 Å². The van der Waals surface area contributed by atoms with Crippen LogP contribution in [0.15, 0.2) is 35.2 Å². The number of cyclic esters (lactones) is 1. The molecule has 3 fully saturated rings. The number of ether oxygens (including phenoxy) is 4. The number of esters is 3. The lowest BCUT2D eigenvalue weighted by Gasteiger charge is -2.59. The van der Waals surface area contributed by atoms with Crippen LogP contribution in [-0.2, 0) is 33.3 Å². The van der Waals surface area contributed by atoms with Gasteiger partial charge in [0, 0.05) is 23.8 Å². The van der Waals surface area contributed by atoms with E-state index in [9.17, 15) is 19.5 Å². The highest BCUT2D eigenvalue weighted by atomic mass is 16.6. The molecule has 1 aromatic heterocycles. The molecule has 4 aliphatic rings. The third-order valence-corrected chi connectivity index (χ3v) is 10.3. The van der Waals surface area contributed by atoms with E-state index in [1.54, 1.807) is 32.4 Å². The highest BCUT2D eigenvalue weighted by molar-refractivity contribution is 5.84. The van der Waals surface area contributed by atoms with Gasteiger partial charge in [-0.25, -0.2) is 9.59 Å². The van der Waals surface area contributed by atoms with Crippen molar-refractivity contribution in [3.63, 3.8) is 0 Å². The van der Waals surface area contributed by atoms with Gasteiger partial charge in [0.2, 0.25) is 6.10 Å². The van der Waals surface area contributed by atoms with Crippen LogP contribution < -0.4 is 0 Å². The number of aliphatic hydroxyl groups is 1. The summed E-state index contributed by atoms with van der Waals surface area (Å²) >= 11 is 0. The topological polar surface area (TPSA) is 125 Å². The molecule has 2 saturated carbocycles. The molecule has 9 nitrogen and oxygen atoms in total. The summed E-state index contributed by atoms with van der Waals surface area (Å²) in [6.07, 6.45) is 7.07. The molecule has 2 aliphatic carbocycles. The average Bonchev–Trinajstić information content (AvgIpc) is 3.22. The predicted octanol–water partition coefficient (Wildman–Crippen LogP) is 3.69. The highest BCUT2D eigenvalue weighted by Crippen LogP contribution is 2.77. The number of carbonyl (C=O) groups excluding carboxylic acids is 3. The monoisotopic (exact) mass is 530 g/mol. The second kappa shape index (κ2) is 8.42. The Labute approximate surface area is 222 Å². The van der Waals surface area contributed by atoms with Gasteiger partial charge in [-0.2, -0.15) is 0 Å². The normalized spacial score (nSPS) is 43.7. The van der Waals surface area contributed by atoms with Crippen molar-refractivity contribution in [3.05, 3.63) is 36.3 Å². The van der Waals surface area contributed by atoms with Crippen LogP contribution in [-0.4, -0.2) is 59.1 Å². The van der Waals surface area contributed by atoms with E-state index in [0.29, 0.717) is 6.42 Å². The van der Waals surface area contributed by atoms with Gasteiger partial charge in [0.25, 0.3) is 0 Å². The summed E-state index contributed by atoms with van der Waals surface area (Å²) < 4.78 is 28.2. The molecule has 0 bridgehead atoms. The van der Waals surface area contributed by atoms with Crippen molar-refractivity contribution in [3.8, 4) is 0 Å². The van der Waals surface area contributed by atoms with Crippen molar-refractivity contribution in [1.29, 1.82) is 0 Å². The van der Waals surface area contributed by atoms with Crippen LogP contribution in [0, 0.1) is 22.7 Å². The van der Waals surface area contributed by atoms with E-state index in [-0.39, 0.29) is 17.4 Å². The number of hydrogen-bond acceptors (Lipinski definition) is 9. The molecule has 1 spiro atoms. The molecular weight excluding hydrogens is 492 g/mol. The zero-order valence-corrected chi connectivity index (χ0v) is 23.1. The summed E-state index contributed by atoms with van der Waals surface area (Å²) in [5.74, 6) is -3.18. The van der Waals surface area contributed by atoms with Crippen molar-refractivity contribution in [1.82, 2.24) is 0 Å². The molecule has 0 amide bonds. The maximum Gasteiger partial charge on any atom is 0.347 e. The summed E-state index contributed by atoms with van der Waals surface area (Å²) in [6.45, 7) is 10.5. The van der Waals surface area contributed by atoms with E-state index in [0.717, 1.165) is 18.4 Å². The third kappa shape index (κ3) is 3.47. The molecule has 5 rings (SSSR count). The Kier molecular flexibility index (Phi) is 5.97. The molecule has 0 radical (unpaired) electrons. The highest BCUT2D eigenvalue weighted by Gasteiger charge is 2.84. The fraction of sp³-hybridized carbons (Fsp3) is 0.690. The smallest absolute Gasteiger partial charge is 0.347 e. The van der Waals surface area contributed by atoms with Crippen molar-refractivity contribution in [2.45, 2.75) is 95.7 Å². The van der Waals surface area contributed by atoms with Gasteiger partial charge < -0.3 is 28.5 Å². The van der Waals surface area contributed by atoms with Gasteiger partial charge in [-0.3, -0.25) is 4.79 Å². The van der Waals surface area contributed by atoms with Gasteiger partial charge in [-0.1, -0.05) is 19.9 Å². The SMILES string of the molecule is COC(=O)[C@H](OC(C)=O)[C@H]1C(C)(C)OC(=O)C=C[C@]1(C)[C@H]1CC[C@@]2(C)[C@H](c3ccoc3)C[C@H]3O[C@]32[C@]1(C)O. The zero-order chi connectivity index (χ0) is 27.9. The first-order valence-electron chi connectivity index (χ1n) is 13.3. The summed E-state index contributed by atoms with van der Waals surface area (Å²) in [7, 11) is 1.22. The largest absolute Gasteiger partial charge is 0.472 e. The van der Waals surface area contributed by atoms with E-state index in [1.165, 1.54) is 20.1 Å². The lowest BCUT2D eigenvalue weighted by atomic mass is 9.47. The molecule has 3 heterocycles. The molecule has 2 aliphatic heterocycles. The molecule has 0 aromatic carbocycles. The first-order chi connectivity index (χ1) is 17.7. The van der Waals surface area contributed by atoms with Gasteiger partial charge in [-0.05, 0) is 63.5 Å². The molecule has 1 saturated heterocycles. The number of carbonyl (C=O) groups is 3. The number of methoxy groups -OCH3 is 1. The molecule has 9 atom stereocenters. The summed E-state index contributed by atoms with van der Waals surface area (Å²) in [5.41, 5.74) is -3.74. The maximum atomic E-state index is 13.1. The van der Waals surface area contributed by atoms with Crippen molar-refractivity contribution < 1.29 is 42.9 Å². The lowest BCUT2D eigenvalue weighted by molar-refractivity contribution is -0.216. The lowest BCUT2D eigenvalue weighted by Crippen LogP contribution is -2.67. The molecule has 208 valence electrons. The van der Waals surface area contributed by atoms with Gasteiger partial charge in [0.1, 0.15) is 11.2 Å². The first-order valence-corrected chi connectivity index (χ1v) is 13.3. The van der Waals surface area contributed by atoms with Gasteiger partial charge in [0.15, 0.2) is 0 Å². The molecular formula is C29H38O9. The molecule has 0 unspecified atom stereocenters. The second-order valence-corrected chi connectivity index (χ2v) is 12.6. The van der Waals surface area contributed by atoms with Gasteiger partial charge in [0.05, 0.1) is 37.3 Å². The number of furan rings is 1. The Morgan fingerprint density at radius 2 is 1.89 bits per heavy atom. The minimum absolute atomic E-state index is 0.141. The fourth-order valence-electron chi connectivity index (χ4n) is 8.93. The maximum absolute atomic E-state index is 13.1. The van der Waals surface area contributed by atoms with Crippen LogP contribution >= 0.6 is 0 Å². The van der Waals surface area contributed by atoms with E-state index >= 15 is 0 Å². The Morgan fingerprint density at radius 1 is 1.18 bits per heavy atom. The van der Waals surface area contributed by atoms with Crippen LogP contribution in [0.2, 0.25) is 0 Å². The second-order valence-electron chi connectivity index (χ2n) is 12.6. The zero-order valence-electron chi connectivity index (χ0n) is 23.1. The number of allylic oxidation sites excluding steroid dienone is 1. The number of epoxide rings is 1. The van der Waals surface area contributed by atoms with Crippen LogP contribution in [0.1, 0.15) is 72.3 Å². The molecule has 1 N–H and O–H groups in total. The molecule has 38 heavy (non-hydrogen) atoms. The van der Waals surface area contributed by atoms with E-state index in [2.05, 4.69) is 6.92 Å². The van der Waals surface area contributed by atoms with E-state index in [4.69, 9.17) is 23.4 Å². The fourth-order valence-corrected chi connectivity index (χ4v) is 8.93. The first kappa shape index (κ1) is 26.9. The predicted molar refractivity (Wildman–Crippen MR) is 134 cm³/mol. The Balaban J connectivity index is 1.63. The van der Waals surface area contributed by atoms with Crippen LogP contribution in [0.3, 0.4) is 0 Å². The third-order valence-electron chi connectivity index (χ3n) is 10.3. The van der Waals surface area contributed by atoms with Gasteiger partial charge in [-0.15, -0.1) is 0 Å². The van der Waals surface area contributed by atoms with E-state index < -0.39 is 58.1 Å². The van der Waals surface area contributed by atoms with Crippen LogP contribution in [0.4, 0.5) is 0 Å². The molecule has 9 heteroatoms. The van der Waals surface area contributed by atoms with E-state index in [1.807, 2.05) is 19.9 Å². The summed E-state index contributed by atoms with van der Waals surface area (Å²) in [6, 6.07) is 1.98. The quantitative estimate of drug-likeness (QED) is 0.345. The summed E-state index contributed by atoms with van der Waals surface area (Å²) in [4.78, 5) is 37.9. The standard InChI is InChI=1S/C29H38O9/c1-16(30)36-22(24(32)34-7)23-25(2,3)38-21(31)9-11-26(23,4)19-8-12-27(5)18(17-10-13-35-15-17)14-20-29(27,37-20)28(19,6)33/h9-11,13,15,18-20,22-23,33H,8,12,14H2,1-7H3/t18-,19+,20+,22+,23-,26+,27-,28+,29+/m0/s1. The molecule has 1 aromatic rings. The number of rotatable bonds is 5. The Hall–Kier alpha value is -2.65. The summed E-state index contributed by atoms with van der Waals surface area (Å²) in [5, 5.41) is 12.6. The number of hydrogen-bond donors (Lipinski definition) is 1. The van der Waals surface area contributed by atoms with Crippen LogP contribution in [0.25, 0.3) is 0 Å². The van der Waals surface area contributed by atoms with Crippen molar-refractivity contribution in [2.24, 2.45) is 22.7 Å².